The first-order valence-electron chi connectivity index (χ1n) is 5.96. The van der Waals surface area contributed by atoms with Gasteiger partial charge in [0.25, 0.3) is 0 Å². The van der Waals surface area contributed by atoms with E-state index in [-0.39, 0.29) is 12.1 Å². The molecule has 1 rings (SSSR count). The molecule has 0 saturated carbocycles. The molecular formula is C11H24N2O2S. The van der Waals surface area contributed by atoms with E-state index in [1.807, 2.05) is 7.05 Å². The summed E-state index contributed by atoms with van der Waals surface area (Å²) in [5.41, 5.74) is 6.02. The van der Waals surface area contributed by atoms with Crippen molar-refractivity contribution in [1.29, 1.82) is 0 Å². The molecule has 0 aromatic carbocycles. The molecule has 16 heavy (non-hydrogen) atoms. The van der Waals surface area contributed by atoms with Crippen molar-refractivity contribution >= 4 is 9.84 Å². The van der Waals surface area contributed by atoms with Crippen molar-refractivity contribution in [3.8, 4) is 0 Å². The largest absolute Gasteiger partial charge is 0.327 e. The molecule has 1 fully saturated rings. The minimum atomic E-state index is -2.78. The first-order valence-corrected chi connectivity index (χ1v) is 7.78. The Labute approximate surface area is 99.1 Å². The predicted molar refractivity (Wildman–Crippen MR) is 67.1 cm³/mol. The van der Waals surface area contributed by atoms with Crippen LogP contribution < -0.4 is 5.73 Å². The van der Waals surface area contributed by atoms with Gasteiger partial charge < -0.3 is 10.6 Å². The van der Waals surface area contributed by atoms with Crippen LogP contribution in [0.1, 0.15) is 26.7 Å². The Morgan fingerprint density at radius 1 is 1.44 bits per heavy atom. The molecule has 5 heteroatoms. The maximum atomic E-state index is 11.4. The molecule has 0 radical (unpaired) electrons. The van der Waals surface area contributed by atoms with E-state index in [4.69, 9.17) is 5.73 Å². The number of hydrogen-bond acceptors (Lipinski definition) is 4. The summed E-state index contributed by atoms with van der Waals surface area (Å²) in [6, 6.07) is 0.316. The minimum Gasteiger partial charge on any atom is -0.327 e. The van der Waals surface area contributed by atoms with E-state index in [0.717, 1.165) is 19.4 Å². The highest BCUT2D eigenvalue weighted by atomic mass is 32.2. The van der Waals surface area contributed by atoms with E-state index >= 15 is 0 Å². The highest BCUT2D eigenvalue weighted by Gasteiger charge is 2.30. The van der Waals surface area contributed by atoms with Crippen LogP contribution in [-0.4, -0.2) is 50.5 Å². The van der Waals surface area contributed by atoms with Crippen molar-refractivity contribution in [3.05, 3.63) is 0 Å². The number of nitrogens with zero attached hydrogens (tertiary/aromatic N) is 1. The quantitative estimate of drug-likeness (QED) is 0.768. The molecule has 0 amide bonds. The molecule has 2 unspecified atom stereocenters. The van der Waals surface area contributed by atoms with Gasteiger partial charge in [-0.2, -0.15) is 0 Å². The highest BCUT2D eigenvalue weighted by Crippen LogP contribution is 2.17. The lowest BCUT2D eigenvalue weighted by Gasteiger charge is -2.26. The Bertz CT molecular complexity index is 314. The SMILES string of the molecule is CC(C)CC(N)CN(C)C1CCS(=O)(=O)C1. The summed E-state index contributed by atoms with van der Waals surface area (Å²) in [6.07, 6.45) is 1.75. The molecule has 1 saturated heterocycles. The second kappa shape index (κ2) is 5.47. The van der Waals surface area contributed by atoms with Crippen LogP contribution in [0.5, 0.6) is 0 Å². The van der Waals surface area contributed by atoms with Crippen LogP contribution in [0.2, 0.25) is 0 Å². The molecule has 1 aliphatic heterocycles. The zero-order valence-electron chi connectivity index (χ0n) is 10.5. The third-order valence-corrected chi connectivity index (χ3v) is 4.88. The van der Waals surface area contributed by atoms with E-state index in [1.54, 1.807) is 0 Å². The standard InChI is InChI=1S/C11H24N2O2S/c1-9(2)6-10(12)7-13(3)11-4-5-16(14,15)8-11/h9-11H,4-8,12H2,1-3H3. The normalized spacial score (nSPS) is 26.5. The lowest BCUT2D eigenvalue weighted by atomic mass is 10.0. The molecule has 2 atom stereocenters. The van der Waals surface area contributed by atoms with Crippen LogP contribution in [0.25, 0.3) is 0 Å². The van der Waals surface area contributed by atoms with Gasteiger partial charge >= 0.3 is 0 Å². The van der Waals surface area contributed by atoms with Gasteiger partial charge in [-0.05, 0) is 25.8 Å². The summed E-state index contributed by atoms with van der Waals surface area (Å²) >= 11 is 0. The van der Waals surface area contributed by atoms with Crippen LogP contribution in [0, 0.1) is 5.92 Å². The van der Waals surface area contributed by atoms with Gasteiger partial charge in [0.1, 0.15) is 0 Å². The number of likely N-dealkylation sites (N-methyl/N-ethyl adjacent to an activating group) is 1. The van der Waals surface area contributed by atoms with Gasteiger partial charge in [-0.3, -0.25) is 0 Å². The monoisotopic (exact) mass is 248 g/mol. The summed E-state index contributed by atoms with van der Waals surface area (Å²) in [6.45, 7) is 5.10. The Kier molecular flexibility index (Phi) is 4.76. The molecule has 4 nitrogen and oxygen atoms in total. The molecule has 0 aromatic heterocycles. The van der Waals surface area contributed by atoms with Crippen molar-refractivity contribution in [2.45, 2.75) is 38.8 Å². The van der Waals surface area contributed by atoms with Crippen LogP contribution in [0.3, 0.4) is 0 Å². The smallest absolute Gasteiger partial charge is 0.151 e. The van der Waals surface area contributed by atoms with Gasteiger partial charge in [0.2, 0.25) is 0 Å². The Morgan fingerprint density at radius 3 is 2.50 bits per heavy atom. The fraction of sp³-hybridized carbons (Fsp3) is 1.00. The Balaban J connectivity index is 2.38. The fourth-order valence-corrected chi connectivity index (χ4v) is 4.13. The van der Waals surface area contributed by atoms with E-state index in [2.05, 4.69) is 18.7 Å². The lowest BCUT2D eigenvalue weighted by molar-refractivity contribution is 0.236. The molecule has 0 aromatic rings. The third kappa shape index (κ3) is 4.39. The molecule has 0 aliphatic carbocycles. The molecule has 2 N–H and O–H groups in total. The molecule has 1 heterocycles. The summed E-state index contributed by atoms with van der Waals surface area (Å²) in [5.74, 6) is 1.23. The first-order chi connectivity index (χ1) is 7.30. The first kappa shape index (κ1) is 13.9. The zero-order valence-corrected chi connectivity index (χ0v) is 11.3. The van der Waals surface area contributed by atoms with Crippen molar-refractivity contribution in [2.75, 3.05) is 25.1 Å². The van der Waals surface area contributed by atoms with E-state index in [1.165, 1.54) is 0 Å². The average molecular weight is 248 g/mol. The summed E-state index contributed by atoms with van der Waals surface area (Å²) in [7, 11) is -0.804. The molecular weight excluding hydrogens is 224 g/mol. The molecule has 0 bridgehead atoms. The third-order valence-electron chi connectivity index (χ3n) is 3.13. The van der Waals surface area contributed by atoms with Crippen LogP contribution in [0.4, 0.5) is 0 Å². The van der Waals surface area contributed by atoms with Gasteiger partial charge in [-0.1, -0.05) is 13.8 Å². The number of hydrogen-bond donors (Lipinski definition) is 1. The van der Waals surface area contributed by atoms with Gasteiger partial charge in [0.05, 0.1) is 11.5 Å². The van der Waals surface area contributed by atoms with Crippen LogP contribution in [0.15, 0.2) is 0 Å². The van der Waals surface area contributed by atoms with E-state index in [9.17, 15) is 8.42 Å². The summed E-state index contributed by atoms with van der Waals surface area (Å²) in [4.78, 5) is 2.11. The fourth-order valence-electron chi connectivity index (χ4n) is 2.32. The number of nitrogens with two attached hydrogens (primary N) is 1. The van der Waals surface area contributed by atoms with E-state index < -0.39 is 9.84 Å². The van der Waals surface area contributed by atoms with Crippen molar-refractivity contribution < 1.29 is 8.42 Å². The number of sulfone groups is 1. The van der Waals surface area contributed by atoms with Gasteiger partial charge in [0, 0.05) is 18.6 Å². The van der Waals surface area contributed by atoms with Gasteiger partial charge in [0.15, 0.2) is 9.84 Å². The predicted octanol–water partition coefficient (Wildman–Crippen LogP) is 0.479. The van der Waals surface area contributed by atoms with Gasteiger partial charge in [-0.15, -0.1) is 0 Å². The van der Waals surface area contributed by atoms with E-state index in [0.29, 0.717) is 17.4 Å². The topological polar surface area (TPSA) is 63.4 Å². The Hall–Kier alpha value is -0.130. The lowest BCUT2D eigenvalue weighted by Crippen LogP contribution is -2.42. The van der Waals surface area contributed by atoms with Crippen molar-refractivity contribution in [1.82, 2.24) is 4.90 Å². The molecule has 0 spiro atoms. The summed E-state index contributed by atoms with van der Waals surface area (Å²) in [5, 5.41) is 0. The van der Waals surface area contributed by atoms with Crippen LogP contribution >= 0.6 is 0 Å². The zero-order chi connectivity index (χ0) is 12.3. The molecule has 1 aliphatic rings. The average Bonchev–Trinajstić information content (AvgIpc) is 2.44. The Morgan fingerprint density at radius 2 is 2.06 bits per heavy atom. The highest BCUT2D eigenvalue weighted by molar-refractivity contribution is 7.91. The second-order valence-electron chi connectivity index (χ2n) is 5.39. The maximum Gasteiger partial charge on any atom is 0.151 e. The van der Waals surface area contributed by atoms with Gasteiger partial charge in [-0.25, -0.2) is 8.42 Å². The van der Waals surface area contributed by atoms with Crippen molar-refractivity contribution in [3.63, 3.8) is 0 Å². The number of rotatable bonds is 5. The van der Waals surface area contributed by atoms with Crippen LogP contribution in [-0.2, 0) is 9.84 Å². The molecule has 96 valence electrons. The summed E-state index contributed by atoms with van der Waals surface area (Å²) < 4.78 is 22.7. The second-order valence-corrected chi connectivity index (χ2v) is 7.61. The minimum absolute atomic E-state index is 0.147. The van der Waals surface area contributed by atoms with Crippen molar-refractivity contribution in [2.24, 2.45) is 11.7 Å². The maximum absolute atomic E-state index is 11.4.